The maximum Gasteiger partial charge on any atom is 0.308 e. The van der Waals surface area contributed by atoms with Gasteiger partial charge in [0.25, 0.3) is 5.91 Å². The molecule has 0 radical (unpaired) electrons. The Labute approximate surface area is 173 Å². The molecule has 0 aliphatic carbocycles. The molecule has 1 N–H and O–H groups in total. The molecular weight excluding hydrogens is 386 g/mol. The predicted octanol–water partition coefficient (Wildman–Crippen LogP) is 3.88. The Morgan fingerprint density at radius 1 is 1.14 bits per heavy atom. The molecule has 1 aromatic heterocycles. The average molecular weight is 410 g/mol. The number of hydrogen-bond acceptors (Lipinski definition) is 5. The van der Waals surface area contributed by atoms with E-state index in [1.165, 1.54) is 7.11 Å². The van der Waals surface area contributed by atoms with E-state index in [1.807, 2.05) is 53.4 Å². The van der Waals surface area contributed by atoms with Gasteiger partial charge in [-0.15, -0.1) is 0 Å². The van der Waals surface area contributed by atoms with Crippen LogP contribution in [-0.4, -0.2) is 46.9 Å². The third-order valence-corrected chi connectivity index (χ3v) is 6.21. The van der Waals surface area contributed by atoms with E-state index in [0.717, 1.165) is 27.5 Å². The largest absolute Gasteiger partial charge is 0.469 e. The third-order valence-electron chi connectivity index (χ3n) is 5.26. The Kier molecular flexibility index (Phi) is 5.85. The van der Waals surface area contributed by atoms with E-state index in [9.17, 15) is 9.59 Å². The highest BCUT2D eigenvalue weighted by atomic mass is 32.2. The van der Waals surface area contributed by atoms with Crippen molar-refractivity contribution < 1.29 is 14.3 Å². The summed E-state index contributed by atoms with van der Waals surface area (Å²) in [5, 5.41) is 0.889. The molecule has 29 heavy (non-hydrogen) atoms. The number of likely N-dealkylation sites (tertiary alicyclic amines) is 1. The molecule has 1 amide bonds. The van der Waals surface area contributed by atoms with Crippen molar-refractivity contribution in [3.05, 3.63) is 59.7 Å². The van der Waals surface area contributed by atoms with E-state index in [-0.39, 0.29) is 17.8 Å². The summed E-state index contributed by atoms with van der Waals surface area (Å²) in [5.41, 5.74) is 3.81. The highest BCUT2D eigenvalue weighted by Crippen LogP contribution is 2.24. The van der Waals surface area contributed by atoms with Crippen LogP contribution in [0, 0.1) is 5.92 Å². The highest BCUT2D eigenvalue weighted by molar-refractivity contribution is 7.98. The number of imidazole rings is 1. The van der Waals surface area contributed by atoms with Gasteiger partial charge in [-0.1, -0.05) is 36.0 Å². The Balaban J connectivity index is 1.33. The van der Waals surface area contributed by atoms with Crippen molar-refractivity contribution in [1.29, 1.82) is 0 Å². The number of aromatic nitrogens is 2. The van der Waals surface area contributed by atoms with Gasteiger partial charge >= 0.3 is 5.97 Å². The van der Waals surface area contributed by atoms with Gasteiger partial charge < -0.3 is 14.6 Å². The molecule has 0 atom stereocenters. The molecule has 0 unspecified atom stereocenters. The van der Waals surface area contributed by atoms with Crippen LogP contribution in [0.25, 0.3) is 11.0 Å². The minimum atomic E-state index is -0.177. The molecule has 3 aromatic rings. The molecule has 2 aromatic carbocycles. The van der Waals surface area contributed by atoms with Crippen LogP contribution in [0.15, 0.2) is 53.7 Å². The van der Waals surface area contributed by atoms with Gasteiger partial charge in [-0.2, -0.15) is 0 Å². The molecular formula is C22H23N3O3S. The van der Waals surface area contributed by atoms with Crippen LogP contribution in [-0.2, 0) is 15.3 Å². The number of ether oxygens (including phenoxy) is 1. The monoisotopic (exact) mass is 409 g/mol. The number of esters is 1. The second kappa shape index (κ2) is 8.69. The Morgan fingerprint density at radius 2 is 1.86 bits per heavy atom. The second-order valence-electron chi connectivity index (χ2n) is 7.13. The number of carbonyl (C=O) groups is 2. The average Bonchev–Trinajstić information content (AvgIpc) is 3.20. The van der Waals surface area contributed by atoms with Gasteiger partial charge in [-0.25, -0.2) is 4.98 Å². The number of nitrogens with zero attached hydrogens (tertiary/aromatic N) is 2. The van der Waals surface area contributed by atoms with Gasteiger partial charge in [0.15, 0.2) is 5.16 Å². The maximum absolute atomic E-state index is 12.7. The predicted molar refractivity (Wildman–Crippen MR) is 113 cm³/mol. The van der Waals surface area contributed by atoms with Crippen molar-refractivity contribution >= 4 is 34.7 Å². The van der Waals surface area contributed by atoms with E-state index in [2.05, 4.69) is 9.97 Å². The zero-order valence-electron chi connectivity index (χ0n) is 16.3. The van der Waals surface area contributed by atoms with Crippen LogP contribution in [0.3, 0.4) is 0 Å². The van der Waals surface area contributed by atoms with Gasteiger partial charge in [0, 0.05) is 24.4 Å². The van der Waals surface area contributed by atoms with E-state index in [1.54, 1.807) is 11.8 Å². The number of fused-ring (bicyclic) bond motifs is 1. The van der Waals surface area contributed by atoms with Crippen LogP contribution in [0.1, 0.15) is 28.8 Å². The first-order chi connectivity index (χ1) is 14.1. The third kappa shape index (κ3) is 4.45. The number of thioether (sulfide) groups is 1. The van der Waals surface area contributed by atoms with Crippen molar-refractivity contribution in [2.24, 2.45) is 5.92 Å². The van der Waals surface area contributed by atoms with Crippen LogP contribution in [0.5, 0.6) is 0 Å². The lowest BCUT2D eigenvalue weighted by molar-refractivity contribution is -0.146. The summed E-state index contributed by atoms with van der Waals surface area (Å²) < 4.78 is 4.80. The maximum atomic E-state index is 12.7. The van der Waals surface area contributed by atoms with E-state index < -0.39 is 0 Å². The number of H-pyrrole nitrogens is 1. The standard InChI is InChI=1S/C22H23N3O3S/c1-28-21(27)17-10-12-25(13-11-17)20(26)16-8-6-15(7-9-16)14-29-22-23-18-4-2-3-5-19(18)24-22/h2-9,17H,10-14H2,1H3,(H,23,24). The molecule has 7 heteroatoms. The topological polar surface area (TPSA) is 75.3 Å². The first-order valence-electron chi connectivity index (χ1n) is 9.67. The molecule has 4 rings (SSSR count). The number of para-hydroxylation sites is 2. The minimum absolute atomic E-state index is 0.0183. The summed E-state index contributed by atoms with van der Waals surface area (Å²) in [7, 11) is 1.41. The molecule has 2 heterocycles. The molecule has 1 aliphatic rings. The number of nitrogens with one attached hydrogen (secondary N) is 1. The summed E-state index contributed by atoms with van der Waals surface area (Å²) in [5.74, 6) is 0.522. The Morgan fingerprint density at radius 3 is 2.55 bits per heavy atom. The molecule has 1 fully saturated rings. The van der Waals surface area contributed by atoms with Gasteiger partial charge in [0.2, 0.25) is 0 Å². The lowest BCUT2D eigenvalue weighted by atomic mass is 9.96. The second-order valence-corrected chi connectivity index (χ2v) is 8.10. The SMILES string of the molecule is COC(=O)C1CCN(C(=O)c2ccc(CSc3nc4ccccc4[nH]3)cc2)CC1. The Hall–Kier alpha value is -2.80. The van der Waals surface area contributed by atoms with Crippen LogP contribution in [0.4, 0.5) is 0 Å². The number of rotatable bonds is 5. The van der Waals surface area contributed by atoms with Gasteiger partial charge in [0.05, 0.1) is 24.1 Å². The van der Waals surface area contributed by atoms with Gasteiger partial charge in [0.1, 0.15) is 0 Å². The summed E-state index contributed by atoms with van der Waals surface area (Å²) in [6.45, 7) is 1.17. The molecule has 0 bridgehead atoms. The van der Waals surface area contributed by atoms with E-state index >= 15 is 0 Å². The molecule has 1 saturated heterocycles. The molecule has 1 aliphatic heterocycles. The van der Waals surface area contributed by atoms with Crippen LogP contribution < -0.4 is 0 Å². The fourth-order valence-electron chi connectivity index (χ4n) is 3.56. The number of methoxy groups -OCH3 is 1. The smallest absolute Gasteiger partial charge is 0.308 e. The number of carbonyl (C=O) groups excluding carboxylic acids is 2. The fraction of sp³-hybridized carbons (Fsp3) is 0.318. The minimum Gasteiger partial charge on any atom is -0.469 e. The number of amides is 1. The first-order valence-corrected chi connectivity index (χ1v) is 10.7. The van der Waals surface area contributed by atoms with Gasteiger partial charge in [-0.05, 0) is 42.7 Å². The zero-order chi connectivity index (χ0) is 20.2. The summed E-state index contributed by atoms with van der Waals surface area (Å²) in [6.07, 6.45) is 1.31. The molecule has 0 saturated carbocycles. The number of piperidine rings is 1. The highest BCUT2D eigenvalue weighted by Gasteiger charge is 2.28. The van der Waals surface area contributed by atoms with Crippen molar-refractivity contribution in [2.75, 3.05) is 20.2 Å². The lowest BCUT2D eigenvalue weighted by Crippen LogP contribution is -2.40. The van der Waals surface area contributed by atoms with Crippen molar-refractivity contribution in [1.82, 2.24) is 14.9 Å². The van der Waals surface area contributed by atoms with Crippen molar-refractivity contribution in [3.63, 3.8) is 0 Å². The summed E-state index contributed by atoms with van der Waals surface area (Å²) in [6, 6.07) is 15.7. The van der Waals surface area contributed by atoms with Crippen LogP contribution in [0.2, 0.25) is 0 Å². The van der Waals surface area contributed by atoms with E-state index in [0.29, 0.717) is 31.5 Å². The molecule has 6 nitrogen and oxygen atoms in total. The summed E-state index contributed by atoms with van der Waals surface area (Å²) in [4.78, 5) is 34.1. The number of aromatic amines is 1. The first kappa shape index (κ1) is 19.5. The zero-order valence-corrected chi connectivity index (χ0v) is 17.1. The summed E-state index contributed by atoms with van der Waals surface area (Å²) >= 11 is 1.64. The van der Waals surface area contributed by atoms with Gasteiger partial charge in [-0.3, -0.25) is 9.59 Å². The lowest BCUT2D eigenvalue weighted by Gasteiger charge is -2.30. The fourth-order valence-corrected chi connectivity index (χ4v) is 4.40. The van der Waals surface area contributed by atoms with E-state index in [4.69, 9.17) is 4.74 Å². The van der Waals surface area contributed by atoms with Crippen LogP contribution >= 0.6 is 11.8 Å². The van der Waals surface area contributed by atoms with Crippen molar-refractivity contribution in [2.45, 2.75) is 23.8 Å². The number of benzene rings is 2. The molecule has 150 valence electrons. The number of hydrogen-bond donors (Lipinski definition) is 1. The normalized spacial score (nSPS) is 14.9. The van der Waals surface area contributed by atoms with Crippen molar-refractivity contribution in [3.8, 4) is 0 Å². The molecule has 0 spiro atoms. The quantitative estimate of drug-likeness (QED) is 0.511. The Bertz CT molecular complexity index is 975.